The first kappa shape index (κ1) is 20.2. The molecule has 0 saturated heterocycles. The third kappa shape index (κ3) is 4.72. The van der Waals surface area contributed by atoms with Gasteiger partial charge in [-0.05, 0) is 49.8 Å². The fourth-order valence-corrected chi connectivity index (χ4v) is 3.71. The first-order valence-corrected chi connectivity index (χ1v) is 10.6. The molecule has 4 rings (SSSR count). The lowest BCUT2D eigenvalue weighted by molar-refractivity contribution is -0.117. The molecule has 1 aliphatic carbocycles. The molecule has 1 aromatic carbocycles. The molecule has 7 heteroatoms. The second-order valence-electron chi connectivity index (χ2n) is 8.15. The molecule has 156 valence electrons. The van der Waals surface area contributed by atoms with E-state index in [2.05, 4.69) is 26.9 Å². The minimum absolute atomic E-state index is 0.0306. The summed E-state index contributed by atoms with van der Waals surface area (Å²) in [6.07, 6.45) is 7.09. The molecule has 30 heavy (non-hydrogen) atoms. The molecule has 0 bridgehead atoms. The maximum absolute atomic E-state index is 12.9. The molecular formula is C23H27N5O2. The Morgan fingerprint density at radius 2 is 2.03 bits per heavy atom. The number of aromatic nitrogens is 4. The van der Waals surface area contributed by atoms with E-state index in [-0.39, 0.29) is 24.5 Å². The Morgan fingerprint density at radius 3 is 2.77 bits per heavy atom. The van der Waals surface area contributed by atoms with E-state index in [1.54, 1.807) is 17.8 Å². The Bertz CT molecular complexity index is 1070. The number of rotatable bonds is 10. The van der Waals surface area contributed by atoms with Gasteiger partial charge in [-0.3, -0.25) is 14.3 Å². The normalized spacial score (nSPS) is 13.5. The van der Waals surface area contributed by atoms with Crippen LogP contribution in [-0.2, 0) is 17.8 Å². The molecule has 0 unspecified atom stereocenters. The Hall–Kier alpha value is -3.09. The molecule has 0 N–H and O–H groups in total. The number of nitrogens with zero attached hydrogens (tertiary/aromatic N) is 5. The van der Waals surface area contributed by atoms with Gasteiger partial charge < -0.3 is 4.90 Å². The highest BCUT2D eigenvalue weighted by molar-refractivity contribution is 5.96. The third-order valence-electron chi connectivity index (χ3n) is 5.37. The van der Waals surface area contributed by atoms with Gasteiger partial charge in [-0.2, -0.15) is 5.10 Å². The molecule has 7 nitrogen and oxygen atoms in total. The molecule has 0 atom stereocenters. The van der Waals surface area contributed by atoms with Gasteiger partial charge >= 0.3 is 0 Å². The Kier molecular flexibility index (Phi) is 5.88. The van der Waals surface area contributed by atoms with Gasteiger partial charge in [0.1, 0.15) is 17.8 Å². The van der Waals surface area contributed by atoms with Gasteiger partial charge in [0, 0.05) is 31.0 Å². The summed E-state index contributed by atoms with van der Waals surface area (Å²) in [6, 6.07) is 7.61. The molecule has 2 heterocycles. The number of fused-ring (bicyclic) bond motifs is 1. The molecule has 0 amide bonds. The lowest BCUT2D eigenvalue weighted by atomic mass is 10.0. The maximum Gasteiger partial charge on any atom is 0.185 e. The summed E-state index contributed by atoms with van der Waals surface area (Å²) >= 11 is 0. The number of ketones is 2. The third-order valence-corrected chi connectivity index (χ3v) is 5.37. The second-order valence-corrected chi connectivity index (χ2v) is 8.15. The number of anilines is 1. The van der Waals surface area contributed by atoms with Crippen LogP contribution in [0.5, 0.6) is 0 Å². The highest BCUT2D eigenvalue weighted by Gasteiger charge is 2.25. The monoisotopic (exact) mass is 405 g/mol. The van der Waals surface area contributed by atoms with E-state index in [1.807, 2.05) is 24.3 Å². The zero-order valence-corrected chi connectivity index (χ0v) is 17.5. The lowest BCUT2D eigenvalue weighted by Gasteiger charge is -2.23. The van der Waals surface area contributed by atoms with Crippen molar-refractivity contribution in [3.05, 3.63) is 48.0 Å². The van der Waals surface area contributed by atoms with Crippen LogP contribution in [0.1, 0.15) is 49.2 Å². The number of benzene rings is 1. The number of hydrogen-bond acceptors (Lipinski definition) is 6. The van der Waals surface area contributed by atoms with E-state index in [0.29, 0.717) is 5.69 Å². The van der Waals surface area contributed by atoms with Crippen molar-refractivity contribution in [3.63, 3.8) is 0 Å². The van der Waals surface area contributed by atoms with Crippen LogP contribution in [-0.4, -0.2) is 44.4 Å². The summed E-state index contributed by atoms with van der Waals surface area (Å²) in [6.45, 7) is 5.88. The smallest absolute Gasteiger partial charge is 0.185 e. The molecule has 0 aliphatic heterocycles. The predicted molar refractivity (Wildman–Crippen MR) is 116 cm³/mol. The van der Waals surface area contributed by atoms with E-state index in [0.717, 1.165) is 47.7 Å². The van der Waals surface area contributed by atoms with Crippen molar-refractivity contribution < 1.29 is 9.59 Å². The van der Waals surface area contributed by atoms with Crippen molar-refractivity contribution in [3.8, 4) is 0 Å². The summed E-state index contributed by atoms with van der Waals surface area (Å²) < 4.78 is 1.68. The lowest BCUT2D eigenvalue weighted by Crippen LogP contribution is -2.27. The van der Waals surface area contributed by atoms with Crippen molar-refractivity contribution >= 4 is 28.3 Å². The largest absolute Gasteiger partial charge is 0.356 e. The topological polar surface area (TPSA) is 81.0 Å². The van der Waals surface area contributed by atoms with Crippen molar-refractivity contribution in [2.45, 2.75) is 46.1 Å². The first-order valence-electron chi connectivity index (χ1n) is 10.6. The van der Waals surface area contributed by atoms with E-state index in [4.69, 9.17) is 0 Å². The second kappa shape index (κ2) is 8.73. The zero-order chi connectivity index (χ0) is 21.1. The SMILES string of the molecule is CCCN(CC1CC1)c1cc(C(=O)Cc2ccc3c(cnn3CC(C)=O)c2)ncn1. The van der Waals surface area contributed by atoms with E-state index >= 15 is 0 Å². The quantitative estimate of drug-likeness (QED) is 0.481. The maximum atomic E-state index is 12.9. The molecule has 3 aromatic rings. The Balaban J connectivity index is 1.50. The van der Waals surface area contributed by atoms with E-state index in [9.17, 15) is 9.59 Å². The van der Waals surface area contributed by atoms with Crippen LogP contribution >= 0.6 is 0 Å². The van der Waals surface area contributed by atoms with Crippen molar-refractivity contribution in [1.29, 1.82) is 0 Å². The number of carbonyl (C=O) groups excluding carboxylic acids is 2. The molecule has 0 radical (unpaired) electrons. The van der Waals surface area contributed by atoms with Crippen LogP contribution in [0.2, 0.25) is 0 Å². The molecule has 0 spiro atoms. The summed E-state index contributed by atoms with van der Waals surface area (Å²) in [5.74, 6) is 1.61. The van der Waals surface area contributed by atoms with Crippen molar-refractivity contribution in [1.82, 2.24) is 19.7 Å². The standard InChI is InChI=1S/C23H27N5O2/c1-3-8-27(14-17-4-5-17)23-11-20(24-15-25-23)22(30)10-18-6-7-21-19(9-18)12-26-28(21)13-16(2)29/h6-7,9,11-12,15,17H,3-5,8,10,13-14H2,1-2H3. The minimum atomic E-state index is -0.0306. The Morgan fingerprint density at radius 1 is 1.20 bits per heavy atom. The van der Waals surface area contributed by atoms with E-state index < -0.39 is 0 Å². The van der Waals surface area contributed by atoms with Gasteiger partial charge in [0.2, 0.25) is 0 Å². The summed E-state index contributed by atoms with van der Waals surface area (Å²) in [5.41, 5.74) is 2.24. The van der Waals surface area contributed by atoms with Crippen LogP contribution in [0.3, 0.4) is 0 Å². The van der Waals surface area contributed by atoms with E-state index in [1.165, 1.54) is 19.2 Å². The van der Waals surface area contributed by atoms with Crippen molar-refractivity contribution in [2.75, 3.05) is 18.0 Å². The van der Waals surface area contributed by atoms with Gasteiger partial charge in [-0.15, -0.1) is 0 Å². The van der Waals surface area contributed by atoms with Gasteiger partial charge in [0.15, 0.2) is 11.6 Å². The van der Waals surface area contributed by atoms with Gasteiger partial charge in [-0.25, -0.2) is 9.97 Å². The molecule has 1 aliphatic rings. The first-order chi connectivity index (χ1) is 14.5. The van der Waals surface area contributed by atoms with Crippen LogP contribution in [0.25, 0.3) is 10.9 Å². The van der Waals surface area contributed by atoms with Crippen LogP contribution < -0.4 is 4.90 Å². The summed E-state index contributed by atoms with van der Waals surface area (Å²) in [7, 11) is 0. The van der Waals surface area contributed by atoms with Crippen molar-refractivity contribution in [2.24, 2.45) is 5.92 Å². The van der Waals surface area contributed by atoms with Gasteiger partial charge in [-0.1, -0.05) is 13.0 Å². The number of Topliss-reactive ketones (excluding diaryl/α,β-unsaturated/α-hetero) is 2. The van der Waals surface area contributed by atoms with Crippen LogP contribution in [0.4, 0.5) is 5.82 Å². The summed E-state index contributed by atoms with van der Waals surface area (Å²) in [4.78, 5) is 35.2. The summed E-state index contributed by atoms with van der Waals surface area (Å²) in [5, 5.41) is 5.20. The molecule has 1 saturated carbocycles. The molecular weight excluding hydrogens is 378 g/mol. The van der Waals surface area contributed by atoms with Crippen LogP contribution in [0.15, 0.2) is 36.8 Å². The highest BCUT2D eigenvalue weighted by Crippen LogP contribution is 2.31. The average molecular weight is 406 g/mol. The number of hydrogen-bond donors (Lipinski definition) is 0. The number of carbonyl (C=O) groups is 2. The zero-order valence-electron chi connectivity index (χ0n) is 17.5. The van der Waals surface area contributed by atoms with Gasteiger partial charge in [0.25, 0.3) is 0 Å². The molecule has 2 aromatic heterocycles. The average Bonchev–Trinajstić information content (AvgIpc) is 3.47. The van der Waals surface area contributed by atoms with Crippen LogP contribution in [0, 0.1) is 5.92 Å². The fraction of sp³-hybridized carbons (Fsp3) is 0.435. The predicted octanol–water partition coefficient (Wildman–Crippen LogP) is 3.47. The fourth-order valence-electron chi connectivity index (χ4n) is 3.71. The molecule has 1 fully saturated rings. The van der Waals surface area contributed by atoms with Gasteiger partial charge in [0.05, 0.1) is 18.3 Å². The minimum Gasteiger partial charge on any atom is -0.356 e. The Labute approximate surface area is 176 Å². The highest BCUT2D eigenvalue weighted by atomic mass is 16.1.